The summed E-state index contributed by atoms with van der Waals surface area (Å²) in [5, 5.41) is 14.7. The molecule has 1 aliphatic carbocycles. The number of carbonyl (C=O) groups excluding carboxylic acids is 2. The van der Waals surface area contributed by atoms with Crippen LogP contribution in [0.2, 0.25) is 5.02 Å². The summed E-state index contributed by atoms with van der Waals surface area (Å²) in [4.78, 5) is 24.6. The monoisotopic (exact) mass is 333 g/mol. The van der Waals surface area contributed by atoms with Crippen molar-refractivity contribution in [1.29, 1.82) is 5.26 Å². The summed E-state index contributed by atoms with van der Waals surface area (Å²) < 4.78 is 0. The van der Waals surface area contributed by atoms with E-state index in [1.165, 1.54) is 0 Å². The Morgan fingerprint density at radius 3 is 2.78 bits per heavy atom. The Labute approximate surface area is 141 Å². The number of hydrogen-bond acceptors (Lipinski definition) is 3. The lowest BCUT2D eigenvalue weighted by molar-refractivity contribution is -0.126. The molecule has 0 bridgehead atoms. The molecule has 122 valence electrons. The number of nitrogens with one attached hydrogen (secondary N) is 2. The second kappa shape index (κ2) is 7.98. The fraction of sp³-hybridized carbons (Fsp3) is 0.471. The van der Waals surface area contributed by atoms with E-state index in [9.17, 15) is 9.59 Å². The van der Waals surface area contributed by atoms with Crippen molar-refractivity contribution >= 4 is 23.4 Å². The summed E-state index contributed by atoms with van der Waals surface area (Å²) in [5.41, 5.74) is 1.40. The Morgan fingerprint density at radius 1 is 1.35 bits per heavy atom. The fourth-order valence-electron chi connectivity index (χ4n) is 2.86. The summed E-state index contributed by atoms with van der Waals surface area (Å²) in [6.07, 6.45) is 3.40. The quantitative estimate of drug-likeness (QED) is 0.831. The molecule has 1 fully saturated rings. The van der Waals surface area contributed by atoms with E-state index in [-0.39, 0.29) is 30.3 Å². The second-order valence-electron chi connectivity index (χ2n) is 5.81. The van der Waals surface area contributed by atoms with Gasteiger partial charge in [-0.1, -0.05) is 30.5 Å². The molecule has 2 atom stereocenters. The van der Waals surface area contributed by atoms with E-state index >= 15 is 0 Å². The Morgan fingerprint density at radius 2 is 2.09 bits per heavy atom. The average Bonchev–Trinajstić information content (AvgIpc) is 2.55. The smallest absolute Gasteiger partial charge is 0.251 e. The molecule has 2 N–H and O–H groups in total. The highest BCUT2D eigenvalue weighted by molar-refractivity contribution is 6.31. The van der Waals surface area contributed by atoms with Gasteiger partial charge in [0.25, 0.3) is 5.91 Å². The van der Waals surface area contributed by atoms with E-state index in [0.717, 1.165) is 31.2 Å². The zero-order valence-electron chi connectivity index (χ0n) is 13.1. The van der Waals surface area contributed by atoms with Crippen LogP contribution in [0, 0.1) is 24.2 Å². The molecule has 0 unspecified atom stereocenters. The van der Waals surface area contributed by atoms with Crippen LogP contribution in [0.5, 0.6) is 0 Å². The van der Waals surface area contributed by atoms with Crippen molar-refractivity contribution < 1.29 is 9.59 Å². The van der Waals surface area contributed by atoms with Gasteiger partial charge in [-0.15, -0.1) is 0 Å². The summed E-state index contributed by atoms with van der Waals surface area (Å²) in [6.45, 7) is 1.87. The highest BCUT2D eigenvalue weighted by Crippen LogP contribution is 2.25. The van der Waals surface area contributed by atoms with Crippen LogP contribution in [0.3, 0.4) is 0 Å². The SMILES string of the molecule is Cc1ccc(C(=O)N[C@@H]2CCCC[C@@H]2C(=O)NCC#N)cc1Cl. The normalized spacial score (nSPS) is 20.4. The lowest BCUT2D eigenvalue weighted by Gasteiger charge is -2.31. The predicted molar refractivity (Wildman–Crippen MR) is 88.0 cm³/mol. The summed E-state index contributed by atoms with van der Waals surface area (Å²) in [5.74, 6) is -0.683. The van der Waals surface area contributed by atoms with Crippen LogP contribution in [0.1, 0.15) is 41.6 Å². The topological polar surface area (TPSA) is 82.0 Å². The van der Waals surface area contributed by atoms with Crippen LogP contribution in [-0.4, -0.2) is 24.4 Å². The minimum absolute atomic E-state index is 0.0103. The van der Waals surface area contributed by atoms with Crippen molar-refractivity contribution in [3.8, 4) is 6.07 Å². The van der Waals surface area contributed by atoms with E-state index in [2.05, 4.69) is 10.6 Å². The number of aryl methyl sites for hydroxylation is 1. The van der Waals surface area contributed by atoms with E-state index < -0.39 is 0 Å². The van der Waals surface area contributed by atoms with Crippen molar-refractivity contribution in [2.24, 2.45) is 5.92 Å². The molecule has 2 amide bonds. The van der Waals surface area contributed by atoms with E-state index in [1.807, 2.05) is 13.0 Å². The van der Waals surface area contributed by atoms with Crippen LogP contribution < -0.4 is 10.6 Å². The highest BCUT2D eigenvalue weighted by atomic mass is 35.5. The molecule has 0 aromatic heterocycles. The van der Waals surface area contributed by atoms with E-state index in [4.69, 9.17) is 16.9 Å². The Hall–Kier alpha value is -2.06. The fourth-order valence-corrected chi connectivity index (χ4v) is 3.04. The molecular formula is C17H20ClN3O2. The van der Waals surface area contributed by atoms with Crippen molar-refractivity contribution in [2.75, 3.05) is 6.54 Å². The summed E-state index contributed by atoms with van der Waals surface area (Å²) in [7, 11) is 0. The zero-order valence-corrected chi connectivity index (χ0v) is 13.8. The van der Waals surface area contributed by atoms with Crippen LogP contribution in [0.25, 0.3) is 0 Å². The first-order chi connectivity index (χ1) is 11.0. The standard InChI is InChI=1S/C17H20ClN3O2/c1-11-6-7-12(10-14(11)18)16(22)21-15-5-3-2-4-13(15)17(23)20-9-8-19/h6-7,10,13,15H,2-5,9H2,1H3,(H,20,23)(H,21,22)/t13-,15+/m0/s1. The third kappa shape index (κ3) is 4.46. The molecular weight excluding hydrogens is 314 g/mol. The minimum Gasteiger partial charge on any atom is -0.349 e. The summed E-state index contributed by atoms with van der Waals surface area (Å²) in [6, 6.07) is 6.85. The van der Waals surface area contributed by atoms with Gasteiger partial charge in [0.15, 0.2) is 0 Å². The van der Waals surface area contributed by atoms with Gasteiger partial charge < -0.3 is 10.6 Å². The van der Waals surface area contributed by atoms with Gasteiger partial charge in [-0.25, -0.2) is 0 Å². The average molecular weight is 334 g/mol. The number of nitriles is 1. The molecule has 0 heterocycles. The van der Waals surface area contributed by atoms with Crippen molar-refractivity contribution in [3.63, 3.8) is 0 Å². The second-order valence-corrected chi connectivity index (χ2v) is 6.22. The molecule has 0 spiro atoms. The molecule has 1 aliphatic rings. The maximum Gasteiger partial charge on any atom is 0.251 e. The molecule has 2 rings (SSSR count). The first-order valence-corrected chi connectivity index (χ1v) is 8.12. The van der Waals surface area contributed by atoms with Gasteiger partial charge >= 0.3 is 0 Å². The van der Waals surface area contributed by atoms with Crippen LogP contribution in [-0.2, 0) is 4.79 Å². The molecule has 23 heavy (non-hydrogen) atoms. The van der Waals surface area contributed by atoms with Gasteiger partial charge in [-0.2, -0.15) is 5.26 Å². The van der Waals surface area contributed by atoms with Crippen molar-refractivity contribution in [1.82, 2.24) is 10.6 Å². The lowest BCUT2D eigenvalue weighted by Crippen LogP contribution is -2.48. The van der Waals surface area contributed by atoms with Crippen LogP contribution in [0.4, 0.5) is 0 Å². The van der Waals surface area contributed by atoms with Gasteiger partial charge in [0.2, 0.25) is 5.91 Å². The third-order valence-electron chi connectivity index (χ3n) is 4.19. The van der Waals surface area contributed by atoms with Crippen molar-refractivity contribution in [3.05, 3.63) is 34.3 Å². The Kier molecular flexibility index (Phi) is 6.00. The van der Waals surface area contributed by atoms with Gasteiger partial charge in [0, 0.05) is 16.6 Å². The highest BCUT2D eigenvalue weighted by Gasteiger charge is 2.32. The molecule has 1 aromatic carbocycles. The molecule has 5 nitrogen and oxygen atoms in total. The first kappa shape index (κ1) is 17.3. The Bertz CT molecular complexity index is 639. The number of rotatable bonds is 4. The zero-order chi connectivity index (χ0) is 16.8. The largest absolute Gasteiger partial charge is 0.349 e. The number of carbonyl (C=O) groups is 2. The maximum atomic E-state index is 12.4. The maximum absolute atomic E-state index is 12.4. The number of halogens is 1. The van der Waals surface area contributed by atoms with Gasteiger partial charge in [-0.05, 0) is 37.5 Å². The number of benzene rings is 1. The minimum atomic E-state index is -0.290. The van der Waals surface area contributed by atoms with E-state index in [0.29, 0.717) is 10.6 Å². The molecule has 1 saturated carbocycles. The third-order valence-corrected chi connectivity index (χ3v) is 4.60. The van der Waals surface area contributed by atoms with Gasteiger partial charge in [0.1, 0.15) is 6.54 Å². The number of hydrogen-bond donors (Lipinski definition) is 2. The number of amides is 2. The molecule has 6 heteroatoms. The number of nitrogens with zero attached hydrogens (tertiary/aromatic N) is 1. The van der Waals surface area contributed by atoms with E-state index in [1.54, 1.807) is 18.2 Å². The first-order valence-electron chi connectivity index (χ1n) is 7.74. The van der Waals surface area contributed by atoms with Gasteiger partial charge in [0.05, 0.1) is 12.0 Å². The lowest BCUT2D eigenvalue weighted by atomic mass is 9.83. The molecule has 1 aromatic rings. The summed E-state index contributed by atoms with van der Waals surface area (Å²) >= 11 is 6.06. The van der Waals surface area contributed by atoms with Crippen LogP contribution >= 0.6 is 11.6 Å². The van der Waals surface area contributed by atoms with Gasteiger partial charge in [-0.3, -0.25) is 9.59 Å². The van der Waals surface area contributed by atoms with Crippen molar-refractivity contribution in [2.45, 2.75) is 38.6 Å². The molecule has 0 saturated heterocycles. The molecule has 0 radical (unpaired) electrons. The van der Waals surface area contributed by atoms with Crippen LogP contribution in [0.15, 0.2) is 18.2 Å². The molecule has 0 aliphatic heterocycles. The Balaban J connectivity index is 2.06. The predicted octanol–water partition coefficient (Wildman–Crippen LogP) is 2.58.